The zero-order valence-corrected chi connectivity index (χ0v) is 18.4. The van der Waals surface area contributed by atoms with Gasteiger partial charge in [0, 0.05) is 37.0 Å². The minimum atomic E-state index is 0.114. The van der Waals surface area contributed by atoms with Gasteiger partial charge < -0.3 is 14.4 Å². The molecular weight excluding hydrogens is 404 g/mol. The number of anilines is 2. The molecule has 0 aliphatic carbocycles. The van der Waals surface area contributed by atoms with Crippen LogP contribution in [0.3, 0.4) is 0 Å². The van der Waals surface area contributed by atoms with Crippen molar-refractivity contribution in [2.24, 2.45) is 5.10 Å². The predicted octanol–water partition coefficient (Wildman–Crippen LogP) is 3.65. The van der Waals surface area contributed by atoms with E-state index in [1.54, 1.807) is 12.4 Å². The van der Waals surface area contributed by atoms with Crippen LogP contribution < -0.4 is 15.1 Å². The summed E-state index contributed by atoms with van der Waals surface area (Å²) in [6.45, 7) is 7.43. The molecule has 4 rings (SSSR count). The molecule has 0 amide bonds. The van der Waals surface area contributed by atoms with Crippen molar-refractivity contribution in [3.8, 4) is 6.01 Å². The molecule has 8 heteroatoms. The van der Waals surface area contributed by atoms with Crippen molar-refractivity contribution in [3.05, 3.63) is 71.5 Å². The van der Waals surface area contributed by atoms with Crippen molar-refractivity contribution in [3.63, 3.8) is 0 Å². The highest BCUT2D eigenvalue weighted by Gasteiger charge is 2.16. The van der Waals surface area contributed by atoms with Crippen molar-refractivity contribution in [2.75, 3.05) is 43.2 Å². The van der Waals surface area contributed by atoms with Gasteiger partial charge in [0.2, 0.25) is 0 Å². The first-order chi connectivity index (χ1) is 15.7. The summed E-state index contributed by atoms with van der Waals surface area (Å²) in [5.74, 6) is 1.48. The topological polar surface area (TPSA) is 84.8 Å². The molecule has 8 nitrogen and oxygen atoms in total. The molecule has 1 unspecified atom stereocenters. The molecule has 1 aromatic carbocycles. The van der Waals surface area contributed by atoms with E-state index in [-0.39, 0.29) is 5.92 Å². The van der Waals surface area contributed by atoms with E-state index in [1.165, 1.54) is 5.56 Å². The van der Waals surface area contributed by atoms with Gasteiger partial charge in [-0.05, 0) is 24.6 Å². The number of aryl methyl sites for hydroxylation is 1. The lowest BCUT2D eigenvalue weighted by Crippen LogP contribution is -2.36. The molecule has 3 heterocycles. The Morgan fingerprint density at radius 3 is 2.81 bits per heavy atom. The number of pyridine rings is 1. The molecule has 0 bridgehead atoms. The molecule has 0 radical (unpaired) electrons. The molecule has 3 aromatic rings. The van der Waals surface area contributed by atoms with E-state index in [9.17, 15) is 0 Å². The van der Waals surface area contributed by atoms with Crippen LogP contribution in [0.2, 0.25) is 0 Å². The number of aromatic nitrogens is 3. The smallest absolute Gasteiger partial charge is 0.320 e. The van der Waals surface area contributed by atoms with Gasteiger partial charge >= 0.3 is 6.01 Å². The minimum Gasteiger partial charge on any atom is -0.463 e. The molecule has 0 saturated carbocycles. The third kappa shape index (κ3) is 6.01. The summed E-state index contributed by atoms with van der Waals surface area (Å²) in [6.07, 6.45) is 3.56. The second-order valence-electron chi connectivity index (χ2n) is 7.74. The second kappa shape index (κ2) is 10.7. The maximum absolute atomic E-state index is 5.96. The Morgan fingerprint density at radius 2 is 2.03 bits per heavy atom. The number of morpholine rings is 1. The fourth-order valence-electron chi connectivity index (χ4n) is 3.36. The summed E-state index contributed by atoms with van der Waals surface area (Å²) in [5, 5.41) is 4.35. The molecule has 2 aromatic heterocycles. The molecule has 1 atom stereocenters. The molecule has 0 spiro atoms. The number of hydrazone groups is 1. The quantitative estimate of drug-likeness (QED) is 0.430. The summed E-state index contributed by atoms with van der Waals surface area (Å²) in [7, 11) is 0. The highest BCUT2D eigenvalue weighted by molar-refractivity contribution is 5.80. The van der Waals surface area contributed by atoms with Crippen LogP contribution in [0.25, 0.3) is 0 Å². The van der Waals surface area contributed by atoms with E-state index >= 15 is 0 Å². The monoisotopic (exact) mass is 432 g/mol. The molecule has 32 heavy (non-hydrogen) atoms. The molecule has 1 saturated heterocycles. The maximum Gasteiger partial charge on any atom is 0.320 e. The summed E-state index contributed by atoms with van der Waals surface area (Å²) in [5.41, 5.74) is 6.19. The third-order valence-corrected chi connectivity index (χ3v) is 5.12. The number of nitrogens with one attached hydrogen (secondary N) is 1. The first kappa shape index (κ1) is 21.7. The van der Waals surface area contributed by atoms with Gasteiger partial charge in [-0.25, -0.2) is 0 Å². The molecular formula is C24H28N6O2. The Kier molecular flexibility index (Phi) is 7.24. The Bertz CT molecular complexity index is 1040. The summed E-state index contributed by atoms with van der Waals surface area (Å²) in [4.78, 5) is 15.7. The number of hydrogen-bond donors (Lipinski definition) is 1. The molecule has 1 aliphatic rings. The van der Waals surface area contributed by atoms with E-state index in [0.717, 1.165) is 30.2 Å². The van der Waals surface area contributed by atoms with Crippen molar-refractivity contribution >= 4 is 17.9 Å². The molecule has 166 valence electrons. The average molecular weight is 433 g/mol. The van der Waals surface area contributed by atoms with Crippen molar-refractivity contribution in [2.45, 2.75) is 19.8 Å². The van der Waals surface area contributed by atoms with Gasteiger partial charge in [-0.1, -0.05) is 42.8 Å². The van der Waals surface area contributed by atoms with Gasteiger partial charge in [0.25, 0.3) is 0 Å². The Hall–Kier alpha value is -3.52. The van der Waals surface area contributed by atoms with Crippen LogP contribution in [0.15, 0.2) is 59.8 Å². The fourth-order valence-corrected chi connectivity index (χ4v) is 3.36. The highest BCUT2D eigenvalue weighted by Crippen LogP contribution is 2.22. The molecule has 1 aliphatic heterocycles. The lowest BCUT2D eigenvalue weighted by molar-refractivity contribution is 0.122. The summed E-state index contributed by atoms with van der Waals surface area (Å²) in [6, 6.07) is 16.2. The van der Waals surface area contributed by atoms with E-state index in [1.807, 2.05) is 36.4 Å². The number of ether oxygens (including phenoxy) is 2. The van der Waals surface area contributed by atoms with Crippen LogP contribution in [0, 0.1) is 6.92 Å². The minimum absolute atomic E-state index is 0.114. The first-order valence-corrected chi connectivity index (χ1v) is 10.8. The van der Waals surface area contributed by atoms with E-state index in [0.29, 0.717) is 31.6 Å². The van der Waals surface area contributed by atoms with Gasteiger partial charge in [-0.15, -0.1) is 0 Å². The molecule has 1 fully saturated rings. The number of hydrogen-bond acceptors (Lipinski definition) is 8. The van der Waals surface area contributed by atoms with Crippen molar-refractivity contribution in [1.29, 1.82) is 0 Å². The standard InChI is InChI=1S/C24H28N6O2/c1-18-6-5-7-20(14-18)16-26-29-22-15-23(30-10-12-31-13-11-30)28-24(27-22)32-17-19(2)21-8-3-4-9-25-21/h3-9,14-16,19H,10-13,17H2,1-2H3,(H,27,28,29). The Labute approximate surface area is 188 Å². The Morgan fingerprint density at radius 1 is 1.16 bits per heavy atom. The van der Waals surface area contributed by atoms with Gasteiger partial charge in [0.05, 0.1) is 26.0 Å². The third-order valence-electron chi connectivity index (χ3n) is 5.12. The number of nitrogens with zero attached hydrogens (tertiary/aromatic N) is 5. The van der Waals surface area contributed by atoms with E-state index in [2.05, 4.69) is 56.4 Å². The van der Waals surface area contributed by atoms with Gasteiger partial charge in [-0.3, -0.25) is 10.4 Å². The first-order valence-electron chi connectivity index (χ1n) is 10.8. The van der Waals surface area contributed by atoms with Crippen LogP contribution in [-0.2, 0) is 4.74 Å². The zero-order chi connectivity index (χ0) is 22.2. The lowest BCUT2D eigenvalue weighted by atomic mass is 10.1. The van der Waals surface area contributed by atoms with Gasteiger partial charge in [0.1, 0.15) is 5.82 Å². The highest BCUT2D eigenvalue weighted by atomic mass is 16.5. The summed E-state index contributed by atoms with van der Waals surface area (Å²) < 4.78 is 11.4. The van der Waals surface area contributed by atoms with Gasteiger partial charge in [0.15, 0.2) is 5.82 Å². The van der Waals surface area contributed by atoms with Crippen LogP contribution in [0.1, 0.15) is 29.7 Å². The number of benzene rings is 1. The summed E-state index contributed by atoms with van der Waals surface area (Å²) >= 11 is 0. The second-order valence-corrected chi connectivity index (χ2v) is 7.74. The fraction of sp³-hybridized carbons (Fsp3) is 0.333. The van der Waals surface area contributed by atoms with Crippen LogP contribution in [0.5, 0.6) is 6.01 Å². The normalized spacial score (nSPS) is 15.0. The maximum atomic E-state index is 5.96. The van der Waals surface area contributed by atoms with Crippen LogP contribution in [0.4, 0.5) is 11.6 Å². The zero-order valence-electron chi connectivity index (χ0n) is 18.4. The van der Waals surface area contributed by atoms with Crippen molar-refractivity contribution in [1.82, 2.24) is 15.0 Å². The Balaban J connectivity index is 1.49. The average Bonchev–Trinajstić information content (AvgIpc) is 2.83. The molecule has 1 N–H and O–H groups in total. The van der Waals surface area contributed by atoms with Crippen LogP contribution in [-0.4, -0.2) is 54.1 Å². The number of rotatable bonds is 8. The van der Waals surface area contributed by atoms with E-state index in [4.69, 9.17) is 9.47 Å². The lowest BCUT2D eigenvalue weighted by Gasteiger charge is -2.28. The van der Waals surface area contributed by atoms with Gasteiger partial charge in [-0.2, -0.15) is 15.1 Å². The predicted molar refractivity (Wildman–Crippen MR) is 126 cm³/mol. The SMILES string of the molecule is Cc1cccc(C=NNc2cc(N3CCOCC3)nc(OCC(C)c3ccccn3)n2)c1. The van der Waals surface area contributed by atoms with Crippen LogP contribution >= 0.6 is 0 Å². The largest absolute Gasteiger partial charge is 0.463 e. The van der Waals surface area contributed by atoms with E-state index < -0.39 is 0 Å². The van der Waals surface area contributed by atoms with Crippen molar-refractivity contribution < 1.29 is 9.47 Å².